The third-order valence-electron chi connectivity index (χ3n) is 2.24. The van der Waals surface area contributed by atoms with Crippen LogP contribution in [-0.2, 0) is 0 Å². The summed E-state index contributed by atoms with van der Waals surface area (Å²) in [6.45, 7) is 2.17. The number of hydrogen-bond acceptors (Lipinski definition) is 4. The monoisotopic (exact) mass is 196 g/mol. The summed E-state index contributed by atoms with van der Waals surface area (Å²) in [5.74, 6) is 0.514. The number of rotatable bonds is 3. The highest BCUT2D eigenvalue weighted by Crippen LogP contribution is 2.34. The van der Waals surface area contributed by atoms with Gasteiger partial charge in [-0.05, 0) is 18.6 Å². The maximum absolute atomic E-state index is 9.81. The van der Waals surface area contributed by atoms with Gasteiger partial charge in [0, 0.05) is 18.2 Å². The van der Waals surface area contributed by atoms with Crippen molar-refractivity contribution < 1.29 is 9.84 Å². The zero-order valence-corrected chi connectivity index (χ0v) is 8.45. The number of phenolic OH excluding ortho intramolecular Hbond substituents is 1. The SMILES string of the molecule is COc1ccc(C)c([C@H](N)CN)c1O. The molecule has 0 radical (unpaired) electrons. The van der Waals surface area contributed by atoms with Crippen LogP contribution in [0, 0.1) is 6.92 Å². The number of aryl methyl sites for hydroxylation is 1. The molecule has 0 amide bonds. The van der Waals surface area contributed by atoms with Gasteiger partial charge in [0.05, 0.1) is 7.11 Å². The zero-order valence-electron chi connectivity index (χ0n) is 8.45. The number of nitrogens with two attached hydrogens (primary N) is 2. The van der Waals surface area contributed by atoms with E-state index in [9.17, 15) is 5.11 Å². The summed E-state index contributed by atoms with van der Waals surface area (Å²) in [6, 6.07) is 3.20. The van der Waals surface area contributed by atoms with Crippen LogP contribution in [0.5, 0.6) is 11.5 Å². The highest BCUT2D eigenvalue weighted by atomic mass is 16.5. The lowest BCUT2D eigenvalue weighted by Gasteiger charge is -2.16. The quantitative estimate of drug-likeness (QED) is 0.663. The van der Waals surface area contributed by atoms with Crippen LogP contribution in [0.25, 0.3) is 0 Å². The van der Waals surface area contributed by atoms with Crippen molar-refractivity contribution in [3.63, 3.8) is 0 Å². The van der Waals surface area contributed by atoms with E-state index in [2.05, 4.69) is 0 Å². The van der Waals surface area contributed by atoms with Gasteiger partial charge in [0.2, 0.25) is 0 Å². The Morgan fingerprint density at radius 1 is 1.50 bits per heavy atom. The van der Waals surface area contributed by atoms with Crippen molar-refractivity contribution in [3.8, 4) is 11.5 Å². The Morgan fingerprint density at radius 3 is 2.64 bits per heavy atom. The molecule has 1 aromatic rings. The topological polar surface area (TPSA) is 81.5 Å². The van der Waals surface area contributed by atoms with Gasteiger partial charge in [0.25, 0.3) is 0 Å². The van der Waals surface area contributed by atoms with E-state index >= 15 is 0 Å². The molecule has 78 valence electrons. The second kappa shape index (κ2) is 4.30. The Hall–Kier alpha value is -1.26. The number of ether oxygens (including phenoxy) is 1. The van der Waals surface area contributed by atoms with Crippen LogP contribution in [0.4, 0.5) is 0 Å². The molecule has 0 spiro atoms. The van der Waals surface area contributed by atoms with Gasteiger partial charge in [-0.2, -0.15) is 0 Å². The van der Waals surface area contributed by atoms with E-state index in [0.717, 1.165) is 5.56 Å². The molecule has 0 aromatic heterocycles. The predicted octanol–water partition coefficient (Wildman–Crippen LogP) is 0.668. The van der Waals surface area contributed by atoms with E-state index in [1.54, 1.807) is 6.07 Å². The van der Waals surface area contributed by atoms with Crippen molar-refractivity contribution in [1.82, 2.24) is 0 Å². The molecule has 0 saturated heterocycles. The number of methoxy groups -OCH3 is 1. The van der Waals surface area contributed by atoms with Gasteiger partial charge >= 0.3 is 0 Å². The van der Waals surface area contributed by atoms with E-state index in [-0.39, 0.29) is 11.8 Å². The fourth-order valence-electron chi connectivity index (χ4n) is 1.44. The molecule has 0 unspecified atom stereocenters. The maximum Gasteiger partial charge on any atom is 0.162 e. The molecule has 0 heterocycles. The van der Waals surface area contributed by atoms with Crippen molar-refractivity contribution in [2.24, 2.45) is 11.5 Å². The number of benzene rings is 1. The van der Waals surface area contributed by atoms with E-state index < -0.39 is 0 Å². The van der Waals surface area contributed by atoms with Crippen LogP contribution in [0.2, 0.25) is 0 Å². The van der Waals surface area contributed by atoms with E-state index in [0.29, 0.717) is 17.9 Å². The molecule has 1 aromatic carbocycles. The number of phenols is 1. The van der Waals surface area contributed by atoms with Gasteiger partial charge in [0.15, 0.2) is 11.5 Å². The third-order valence-corrected chi connectivity index (χ3v) is 2.24. The minimum absolute atomic E-state index is 0.0884. The average molecular weight is 196 g/mol. The summed E-state index contributed by atoms with van der Waals surface area (Å²) in [4.78, 5) is 0. The maximum atomic E-state index is 9.81. The molecule has 4 heteroatoms. The first-order chi connectivity index (χ1) is 6.61. The molecular weight excluding hydrogens is 180 g/mol. The molecule has 0 aliphatic heterocycles. The standard InChI is InChI=1S/C10H16N2O2/c1-6-3-4-8(14-2)10(13)9(6)7(12)5-11/h3-4,7,13H,5,11-12H2,1-2H3/t7-/m1/s1. The third kappa shape index (κ3) is 1.81. The van der Waals surface area contributed by atoms with Crippen molar-refractivity contribution in [3.05, 3.63) is 23.3 Å². The lowest BCUT2D eigenvalue weighted by Crippen LogP contribution is -2.21. The fourth-order valence-corrected chi connectivity index (χ4v) is 1.44. The molecule has 0 aliphatic carbocycles. The van der Waals surface area contributed by atoms with E-state index in [1.165, 1.54) is 7.11 Å². The first-order valence-electron chi connectivity index (χ1n) is 4.44. The second-order valence-corrected chi connectivity index (χ2v) is 3.19. The molecule has 0 bridgehead atoms. The van der Waals surface area contributed by atoms with Gasteiger partial charge in [-0.15, -0.1) is 0 Å². The van der Waals surface area contributed by atoms with Crippen LogP contribution in [-0.4, -0.2) is 18.8 Å². The van der Waals surface area contributed by atoms with Gasteiger partial charge in [-0.3, -0.25) is 0 Å². The minimum atomic E-state index is -0.356. The Kier molecular flexibility index (Phi) is 3.33. The predicted molar refractivity (Wildman–Crippen MR) is 55.4 cm³/mol. The molecule has 0 saturated carbocycles. The summed E-state index contributed by atoms with van der Waals surface area (Å²) in [5, 5.41) is 9.81. The lowest BCUT2D eigenvalue weighted by atomic mass is 10.0. The first-order valence-corrected chi connectivity index (χ1v) is 4.44. The Labute approximate surface area is 83.5 Å². The molecule has 4 nitrogen and oxygen atoms in total. The molecule has 0 aliphatic rings. The van der Waals surface area contributed by atoms with Gasteiger partial charge < -0.3 is 21.3 Å². The molecule has 14 heavy (non-hydrogen) atoms. The van der Waals surface area contributed by atoms with E-state index in [1.807, 2.05) is 13.0 Å². The molecule has 0 fully saturated rings. The van der Waals surface area contributed by atoms with Crippen LogP contribution >= 0.6 is 0 Å². The Morgan fingerprint density at radius 2 is 2.14 bits per heavy atom. The van der Waals surface area contributed by atoms with Crippen molar-refractivity contribution in [2.75, 3.05) is 13.7 Å². The van der Waals surface area contributed by atoms with Crippen molar-refractivity contribution in [1.29, 1.82) is 0 Å². The van der Waals surface area contributed by atoms with Crippen LogP contribution in [0.1, 0.15) is 17.2 Å². The second-order valence-electron chi connectivity index (χ2n) is 3.19. The summed E-state index contributed by atoms with van der Waals surface area (Å²) in [7, 11) is 1.50. The molecule has 5 N–H and O–H groups in total. The summed E-state index contributed by atoms with van der Waals surface area (Å²) >= 11 is 0. The highest BCUT2D eigenvalue weighted by Gasteiger charge is 2.15. The van der Waals surface area contributed by atoms with Crippen LogP contribution in [0.15, 0.2) is 12.1 Å². The van der Waals surface area contributed by atoms with Gasteiger partial charge in [-0.1, -0.05) is 6.07 Å². The average Bonchev–Trinajstić information content (AvgIpc) is 2.18. The van der Waals surface area contributed by atoms with Crippen molar-refractivity contribution >= 4 is 0 Å². The highest BCUT2D eigenvalue weighted by molar-refractivity contribution is 5.50. The first kappa shape index (κ1) is 10.8. The van der Waals surface area contributed by atoms with Gasteiger partial charge in [-0.25, -0.2) is 0 Å². The molecule has 1 atom stereocenters. The Bertz CT molecular complexity index is 326. The number of hydrogen-bond donors (Lipinski definition) is 3. The smallest absolute Gasteiger partial charge is 0.162 e. The lowest BCUT2D eigenvalue weighted by molar-refractivity contribution is 0.368. The number of aromatic hydroxyl groups is 1. The van der Waals surface area contributed by atoms with Crippen molar-refractivity contribution in [2.45, 2.75) is 13.0 Å². The normalized spacial score (nSPS) is 12.6. The summed E-state index contributed by atoms with van der Waals surface area (Å²) in [5.41, 5.74) is 12.8. The summed E-state index contributed by atoms with van der Waals surface area (Å²) in [6.07, 6.45) is 0. The zero-order chi connectivity index (χ0) is 10.7. The summed E-state index contributed by atoms with van der Waals surface area (Å²) < 4.78 is 4.99. The van der Waals surface area contributed by atoms with Gasteiger partial charge in [0.1, 0.15) is 0 Å². The minimum Gasteiger partial charge on any atom is -0.504 e. The van der Waals surface area contributed by atoms with Crippen LogP contribution < -0.4 is 16.2 Å². The Balaban J connectivity index is 3.25. The fraction of sp³-hybridized carbons (Fsp3) is 0.400. The van der Waals surface area contributed by atoms with Crippen LogP contribution in [0.3, 0.4) is 0 Å². The molecule has 1 rings (SSSR count). The largest absolute Gasteiger partial charge is 0.504 e. The van der Waals surface area contributed by atoms with E-state index in [4.69, 9.17) is 16.2 Å². The molecular formula is C10H16N2O2.